The van der Waals surface area contributed by atoms with E-state index in [9.17, 15) is 0 Å². The van der Waals surface area contributed by atoms with Gasteiger partial charge in [0.05, 0.1) is 12.7 Å². The van der Waals surface area contributed by atoms with E-state index >= 15 is 0 Å². The molecule has 3 heteroatoms. The SMILES string of the molecule is CCC(CC)CC(N)C1CN(CC)CCO1. The van der Waals surface area contributed by atoms with E-state index in [0.29, 0.717) is 0 Å². The first-order valence-electron chi connectivity index (χ1n) is 6.80. The lowest BCUT2D eigenvalue weighted by Gasteiger charge is -2.36. The normalized spacial score (nSPS) is 24.9. The lowest BCUT2D eigenvalue weighted by atomic mass is 9.92. The molecule has 0 aromatic carbocycles. The van der Waals surface area contributed by atoms with Gasteiger partial charge in [0.2, 0.25) is 0 Å². The fourth-order valence-corrected chi connectivity index (χ4v) is 2.44. The summed E-state index contributed by atoms with van der Waals surface area (Å²) in [5.74, 6) is 0.760. The number of rotatable bonds is 6. The summed E-state index contributed by atoms with van der Waals surface area (Å²) in [5.41, 5.74) is 6.27. The van der Waals surface area contributed by atoms with Gasteiger partial charge in [-0.05, 0) is 18.9 Å². The van der Waals surface area contributed by atoms with Crippen LogP contribution in [0.15, 0.2) is 0 Å². The Labute approximate surface area is 100 Å². The van der Waals surface area contributed by atoms with Gasteiger partial charge in [-0.2, -0.15) is 0 Å². The Morgan fingerprint density at radius 1 is 1.31 bits per heavy atom. The van der Waals surface area contributed by atoms with Crippen LogP contribution in [0.4, 0.5) is 0 Å². The molecule has 2 N–H and O–H groups in total. The predicted molar refractivity (Wildman–Crippen MR) is 68.5 cm³/mol. The smallest absolute Gasteiger partial charge is 0.0853 e. The van der Waals surface area contributed by atoms with Crippen molar-refractivity contribution in [3.8, 4) is 0 Å². The van der Waals surface area contributed by atoms with E-state index in [2.05, 4.69) is 25.7 Å². The zero-order chi connectivity index (χ0) is 12.0. The maximum atomic E-state index is 6.27. The standard InChI is InChI=1S/C13H28N2O/c1-4-11(5-2)9-12(14)13-10-15(6-3)7-8-16-13/h11-13H,4-10,14H2,1-3H3. The summed E-state index contributed by atoms with van der Waals surface area (Å²) in [5, 5.41) is 0. The zero-order valence-electron chi connectivity index (χ0n) is 11.1. The van der Waals surface area contributed by atoms with E-state index < -0.39 is 0 Å². The largest absolute Gasteiger partial charge is 0.374 e. The van der Waals surface area contributed by atoms with Crippen LogP contribution in [0.25, 0.3) is 0 Å². The van der Waals surface area contributed by atoms with E-state index in [4.69, 9.17) is 10.5 Å². The highest BCUT2D eigenvalue weighted by Crippen LogP contribution is 2.18. The van der Waals surface area contributed by atoms with E-state index in [1.807, 2.05) is 0 Å². The minimum absolute atomic E-state index is 0.208. The molecule has 0 aromatic rings. The van der Waals surface area contributed by atoms with E-state index in [-0.39, 0.29) is 12.1 Å². The Bertz CT molecular complexity index is 183. The first kappa shape index (κ1) is 13.9. The molecular weight excluding hydrogens is 200 g/mol. The van der Waals surface area contributed by atoms with Crippen molar-refractivity contribution in [3.63, 3.8) is 0 Å². The summed E-state index contributed by atoms with van der Waals surface area (Å²) < 4.78 is 5.80. The van der Waals surface area contributed by atoms with E-state index in [1.165, 1.54) is 12.8 Å². The van der Waals surface area contributed by atoms with Crippen LogP contribution in [-0.2, 0) is 4.74 Å². The first-order valence-corrected chi connectivity index (χ1v) is 6.80. The van der Waals surface area contributed by atoms with Crippen molar-refractivity contribution >= 4 is 0 Å². The molecule has 0 saturated carbocycles. The topological polar surface area (TPSA) is 38.5 Å². The van der Waals surface area contributed by atoms with Crippen molar-refractivity contribution < 1.29 is 4.74 Å². The monoisotopic (exact) mass is 228 g/mol. The van der Waals surface area contributed by atoms with E-state index in [1.54, 1.807) is 0 Å². The molecule has 1 heterocycles. The molecule has 1 fully saturated rings. The summed E-state index contributed by atoms with van der Waals surface area (Å²) in [4.78, 5) is 2.43. The van der Waals surface area contributed by atoms with Gasteiger partial charge in [0.1, 0.15) is 0 Å². The van der Waals surface area contributed by atoms with Gasteiger partial charge in [0.15, 0.2) is 0 Å². The van der Waals surface area contributed by atoms with Gasteiger partial charge in [-0.15, -0.1) is 0 Å². The predicted octanol–water partition coefficient (Wildman–Crippen LogP) is 1.86. The Morgan fingerprint density at radius 3 is 2.56 bits per heavy atom. The van der Waals surface area contributed by atoms with Crippen LogP contribution in [0.5, 0.6) is 0 Å². The minimum atomic E-state index is 0.208. The van der Waals surface area contributed by atoms with Crippen LogP contribution in [0.3, 0.4) is 0 Å². The van der Waals surface area contributed by atoms with Gasteiger partial charge in [-0.25, -0.2) is 0 Å². The summed E-state index contributed by atoms with van der Waals surface area (Å²) in [6.45, 7) is 10.7. The third-order valence-corrected chi connectivity index (χ3v) is 3.86. The van der Waals surface area contributed by atoms with Crippen molar-refractivity contribution in [2.45, 2.75) is 52.2 Å². The molecule has 1 rings (SSSR count). The van der Waals surface area contributed by atoms with Crippen LogP contribution >= 0.6 is 0 Å². The molecule has 0 radical (unpaired) electrons. The zero-order valence-corrected chi connectivity index (χ0v) is 11.1. The summed E-state index contributed by atoms with van der Waals surface area (Å²) >= 11 is 0. The first-order chi connectivity index (χ1) is 7.71. The highest BCUT2D eigenvalue weighted by molar-refractivity contribution is 4.81. The molecule has 96 valence electrons. The minimum Gasteiger partial charge on any atom is -0.374 e. The van der Waals surface area contributed by atoms with Gasteiger partial charge in [0, 0.05) is 19.1 Å². The number of hydrogen-bond acceptors (Lipinski definition) is 3. The molecular formula is C13H28N2O. The molecule has 0 aromatic heterocycles. The number of hydrogen-bond donors (Lipinski definition) is 1. The highest BCUT2D eigenvalue weighted by Gasteiger charge is 2.26. The summed E-state index contributed by atoms with van der Waals surface area (Å²) in [6.07, 6.45) is 3.81. The third-order valence-electron chi connectivity index (χ3n) is 3.86. The van der Waals surface area contributed by atoms with Crippen molar-refractivity contribution in [2.75, 3.05) is 26.2 Å². The van der Waals surface area contributed by atoms with Crippen molar-refractivity contribution in [3.05, 3.63) is 0 Å². The molecule has 0 amide bonds. The average Bonchev–Trinajstić information content (AvgIpc) is 2.35. The third kappa shape index (κ3) is 4.04. The lowest BCUT2D eigenvalue weighted by Crippen LogP contribution is -2.50. The second kappa shape index (κ2) is 7.25. The molecule has 1 aliphatic rings. The molecule has 0 aliphatic carbocycles. The van der Waals surface area contributed by atoms with Gasteiger partial charge < -0.3 is 10.5 Å². The Hall–Kier alpha value is -0.120. The fourth-order valence-electron chi connectivity index (χ4n) is 2.44. The molecule has 0 bridgehead atoms. The van der Waals surface area contributed by atoms with Crippen molar-refractivity contribution in [1.82, 2.24) is 4.90 Å². The van der Waals surface area contributed by atoms with E-state index in [0.717, 1.165) is 38.6 Å². The van der Waals surface area contributed by atoms with Crippen LogP contribution in [0.2, 0.25) is 0 Å². The van der Waals surface area contributed by atoms with Gasteiger partial charge in [0.25, 0.3) is 0 Å². The Balaban J connectivity index is 2.37. The summed E-state index contributed by atoms with van der Waals surface area (Å²) in [7, 11) is 0. The van der Waals surface area contributed by atoms with Gasteiger partial charge in [-0.3, -0.25) is 4.90 Å². The van der Waals surface area contributed by atoms with Crippen LogP contribution < -0.4 is 5.73 Å². The van der Waals surface area contributed by atoms with Gasteiger partial charge in [-0.1, -0.05) is 33.6 Å². The molecule has 2 atom stereocenters. The fraction of sp³-hybridized carbons (Fsp3) is 1.00. The van der Waals surface area contributed by atoms with Crippen LogP contribution in [0, 0.1) is 5.92 Å². The molecule has 2 unspecified atom stereocenters. The quantitative estimate of drug-likeness (QED) is 0.754. The molecule has 1 aliphatic heterocycles. The second-order valence-electron chi connectivity index (χ2n) is 4.88. The summed E-state index contributed by atoms with van der Waals surface area (Å²) in [6, 6.07) is 0.208. The number of nitrogens with two attached hydrogens (primary N) is 1. The number of ether oxygens (including phenoxy) is 1. The number of nitrogens with zero attached hydrogens (tertiary/aromatic N) is 1. The average molecular weight is 228 g/mol. The number of morpholine rings is 1. The second-order valence-corrected chi connectivity index (χ2v) is 4.88. The Kier molecular flexibility index (Phi) is 6.32. The Morgan fingerprint density at radius 2 is 2.00 bits per heavy atom. The highest BCUT2D eigenvalue weighted by atomic mass is 16.5. The maximum Gasteiger partial charge on any atom is 0.0853 e. The van der Waals surface area contributed by atoms with Crippen molar-refractivity contribution in [2.24, 2.45) is 11.7 Å². The maximum absolute atomic E-state index is 6.27. The van der Waals surface area contributed by atoms with Crippen LogP contribution in [0.1, 0.15) is 40.0 Å². The lowest BCUT2D eigenvalue weighted by molar-refractivity contribution is -0.0421. The molecule has 1 saturated heterocycles. The van der Waals surface area contributed by atoms with Gasteiger partial charge >= 0.3 is 0 Å². The molecule has 3 nitrogen and oxygen atoms in total. The number of likely N-dealkylation sites (N-methyl/N-ethyl adjacent to an activating group) is 1. The molecule has 0 spiro atoms. The van der Waals surface area contributed by atoms with Crippen molar-refractivity contribution in [1.29, 1.82) is 0 Å². The van der Waals surface area contributed by atoms with Crippen LogP contribution in [-0.4, -0.2) is 43.3 Å². The molecule has 16 heavy (non-hydrogen) atoms.